The van der Waals surface area contributed by atoms with Crippen LogP contribution in [0.2, 0.25) is 0 Å². The van der Waals surface area contributed by atoms with E-state index >= 15 is 0 Å². The Morgan fingerprint density at radius 3 is 2.79 bits per heavy atom. The Morgan fingerprint density at radius 2 is 2.21 bits per heavy atom. The Labute approximate surface area is 84.6 Å². The van der Waals surface area contributed by atoms with Crippen molar-refractivity contribution in [3.8, 4) is 11.4 Å². The van der Waals surface area contributed by atoms with Gasteiger partial charge in [0.2, 0.25) is 0 Å². The first kappa shape index (κ1) is 9.08. The summed E-state index contributed by atoms with van der Waals surface area (Å²) in [4.78, 5) is 4.00. The second-order valence-corrected chi connectivity index (χ2v) is 3.30. The Morgan fingerprint density at radius 1 is 1.43 bits per heavy atom. The number of H-pyrrole nitrogens is 1. The molecule has 3 nitrogen and oxygen atoms in total. The minimum atomic E-state index is -0.303. The lowest BCUT2D eigenvalue weighted by Gasteiger charge is -1.97. The molecule has 0 fully saturated rings. The molecule has 0 amide bonds. The van der Waals surface area contributed by atoms with Crippen LogP contribution >= 0.6 is 12.2 Å². The summed E-state index contributed by atoms with van der Waals surface area (Å²) in [5.74, 6) is 0.139. The summed E-state index contributed by atoms with van der Waals surface area (Å²) in [6.45, 7) is 1.81. The topological polar surface area (TPSA) is 41.8 Å². The average Bonchev–Trinajstić information content (AvgIpc) is 2.50. The van der Waals surface area contributed by atoms with Crippen molar-refractivity contribution in [1.29, 1.82) is 0 Å². The van der Waals surface area contributed by atoms with E-state index in [-0.39, 0.29) is 10.7 Å². The number of halogens is 1. The third-order valence-electron chi connectivity index (χ3n) is 1.75. The number of aromatic nitrogens is 2. The monoisotopic (exact) mass is 210 g/mol. The molecule has 72 valence electrons. The van der Waals surface area contributed by atoms with Crippen molar-refractivity contribution < 1.29 is 8.91 Å². The molecule has 0 saturated carbocycles. The van der Waals surface area contributed by atoms with Gasteiger partial charge in [-0.15, -0.1) is 0 Å². The van der Waals surface area contributed by atoms with Crippen LogP contribution in [0.15, 0.2) is 22.7 Å². The van der Waals surface area contributed by atoms with Crippen molar-refractivity contribution in [3.05, 3.63) is 34.4 Å². The Bertz CT molecular complexity index is 497. The lowest BCUT2D eigenvalue weighted by Crippen LogP contribution is -1.84. The van der Waals surface area contributed by atoms with E-state index in [1.54, 1.807) is 13.0 Å². The molecule has 0 saturated heterocycles. The molecule has 2 aromatic rings. The number of hydrogen-bond donors (Lipinski definition) is 1. The minimum Gasteiger partial charge on any atom is -0.348 e. The highest BCUT2D eigenvalue weighted by Crippen LogP contribution is 2.17. The zero-order chi connectivity index (χ0) is 10.1. The molecule has 0 bridgehead atoms. The molecule has 1 N–H and O–H groups in total. The molecule has 0 aliphatic rings. The van der Waals surface area contributed by atoms with E-state index < -0.39 is 0 Å². The highest BCUT2D eigenvalue weighted by molar-refractivity contribution is 7.71. The molecule has 5 heteroatoms. The van der Waals surface area contributed by atoms with Gasteiger partial charge in [-0.1, -0.05) is 0 Å². The van der Waals surface area contributed by atoms with Crippen LogP contribution in [0.3, 0.4) is 0 Å². The SMILES string of the molecule is Cc1cc(F)cc(-c2nc(=S)o[nH]2)c1. The molecule has 1 aromatic carbocycles. The Hall–Kier alpha value is -1.49. The number of aryl methyl sites for hydroxylation is 1. The van der Waals surface area contributed by atoms with Crippen molar-refractivity contribution in [2.75, 3.05) is 0 Å². The van der Waals surface area contributed by atoms with Crippen LogP contribution in [-0.4, -0.2) is 10.1 Å². The molecule has 0 aliphatic heterocycles. The molecule has 0 spiro atoms. The van der Waals surface area contributed by atoms with Gasteiger partial charge in [0, 0.05) is 5.56 Å². The molecule has 0 aliphatic carbocycles. The van der Waals surface area contributed by atoms with E-state index in [1.165, 1.54) is 12.1 Å². The van der Waals surface area contributed by atoms with Gasteiger partial charge < -0.3 is 4.52 Å². The quantitative estimate of drug-likeness (QED) is 0.736. The summed E-state index contributed by atoms with van der Waals surface area (Å²) in [6.07, 6.45) is 0. The first-order chi connectivity index (χ1) is 6.65. The van der Waals surface area contributed by atoms with Crippen LogP contribution < -0.4 is 0 Å². The van der Waals surface area contributed by atoms with E-state index in [9.17, 15) is 4.39 Å². The maximum Gasteiger partial charge on any atom is 0.314 e. The normalized spacial score (nSPS) is 10.4. The van der Waals surface area contributed by atoms with Gasteiger partial charge in [0.1, 0.15) is 5.82 Å². The molecule has 1 aromatic heterocycles. The Kier molecular flexibility index (Phi) is 2.17. The van der Waals surface area contributed by atoms with E-state index in [1.807, 2.05) is 0 Å². The maximum atomic E-state index is 13.0. The predicted octanol–water partition coefficient (Wildman–Crippen LogP) is 2.85. The third-order valence-corrected chi connectivity index (χ3v) is 1.93. The summed E-state index contributed by atoms with van der Waals surface area (Å²) in [5.41, 5.74) is 1.45. The summed E-state index contributed by atoms with van der Waals surface area (Å²) < 4.78 is 17.8. The molecule has 14 heavy (non-hydrogen) atoms. The van der Waals surface area contributed by atoms with E-state index in [0.29, 0.717) is 11.4 Å². The van der Waals surface area contributed by atoms with Crippen molar-refractivity contribution >= 4 is 12.2 Å². The molecule has 0 unspecified atom stereocenters. The van der Waals surface area contributed by atoms with E-state index in [2.05, 4.69) is 10.1 Å². The van der Waals surface area contributed by atoms with Crippen molar-refractivity contribution in [2.45, 2.75) is 6.92 Å². The van der Waals surface area contributed by atoms with Gasteiger partial charge in [-0.05, 0) is 42.9 Å². The molecule has 0 atom stereocenters. The van der Waals surface area contributed by atoms with Crippen molar-refractivity contribution in [2.24, 2.45) is 0 Å². The number of nitrogens with zero attached hydrogens (tertiary/aromatic N) is 1. The highest BCUT2D eigenvalue weighted by Gasteiger charge is 2.04. The zero-order valence-corrected chi connectivity index (χ0v) is 8.19. The number of hydrogen-bond acceptors (Lipinski definition) is 3. The lowest BCUT2D eigenvalue weighted by molar-refractivity contribution is 0.406. The van der Waals surface area contributed by atoms with Gasteiger partial charge in [0.05, 0.1) is 0 Å². The second-order valence-electron chi connectivity index (χ2n) is 2.95. The number of rotatable bonds is 1. The molecule has 0 radical (unpaired) electrons. The summed E-state index contributed by atoms with van der Waals surface area (Å²) in [6, 6.07) is 4.61. The standard InChI is InChI=1S/C9H7FN2OS/c1-5-2-6(4-7(10)3-5)8-11-9(14)13-12-8/h2-4H,1H3,(H,11,12,14). The fourth-order valence-electron chi connectivity index (χ4n) is 1.23. The summed E-state index contributed by atoms with van der Waals surface area (Å²) in [5, 5.41) is 2.52. The first-order valence-corrected chi connectivity index (χ1v) is 4.39. The molecule has 1 heterocycles. The van der Waals surface area contributed by atoms with Crippen LogP contribution in [-0.2, 0) is 0 Å². The molecule has 2 rings (SSSR count). The predicted molar refractivity (Wildman–Crippen MR) is 51.8 cm³/mol. The van der Waals surface area contributed by atoms with Crippen LogP contribution in [0, 0.1) is 17.6 Å². The van der Waals surface area contributed by atoms with Gasteiger partial charge in [0.25, 0.3) is 0 Å². The third kappa shape index (κ3) is 1.72. The van der Waals surface area contributed by atoms with Crippen molar-refractivity contribution in [3.63, 3.8) is 0 Å². The fraction of sp³-hybridized carbons (Fsp3) is 0.111. The van der Waals surface area contributed by atoms with Gasteiger partial charge in [-0.25, -0.2) is 9.55 Å². The summed E-state index contributed by atoms with van der Waals surface area (Å²) >= 11 is 4.70. The van der Waals surface area contributed by atoms with E-state index in [0.717, 1.165) is 5.56 Å². The van der Waals surface area contributed by atoms with Crippen LogP contribution in [0.25, 0.3) is 11.4 Å². The van der Waals surface area contributed by atoms with Gasteiger partial charge in [-0.2, -0.15) is 4.98 Å². The van der Waals surface area contributed by atoms with Gasteiger partial charge in [-0.3, -0.25) is 0 Å². The summed E-state index contributed by atoms with van der Waals surface area (Å²) in [7, 11) is 0. The number of benzene rings is 1. The maximum absolute atomic E-state index is 13.0. The van der Waals surface area contributed by atoms with Crippen molar-refractivity contribution in [1.82, 2.24) is 10.1 Å². The van der Waals surface area contributed by atoms with Crippen LogP contribution in [0.4, 0.5) is 4.39 Å². The van der Waals surface area contributed by atoms with E-state index in [4.69, 9.17) is 16.7 Å². The number of aromatic amines is 1. The van der Waals surface area contributed by atoms with Crippen LogP contribution in [0.1, 0.15) is 5.56 Å². The highest BCUT2D eigenvalue weighted by atomic mass is 32.1. The smallest absolute Gasteiger partial charge is 0.314 e. The largest absolute Gasteiger partial charge is 0.348 e. The Balaban J connectivity index is 2.56. The number of nitrogens with one attached hydrogen (secondary N) is 1. The molecular formula is C9H7FN2OS. The van der Waals surface area contributed by atoms with Crippen LogP contribution in [0.5, 0.6) is 0 Å². The zero-order valence-electron chi connectivity index (χ0n) is 7.37. The second kappa shape index (κ2) is 3.34. The molecular weight excluding hydrogens is 203 g/mol. The fourth-order valence-corrected chi connectivity index (χ4v) is 1.36. The van der Waals surface area contributed by atoms with Gasteiger partial charge in [0.15, 0.2) is 5.82 Å². The average molecular weight is 210 g/mol. The first-order valence-electron chi connectivity index (χ1n) is 3.98. The minimum absolute atomic E-state index is 0.113. The lowest BCUT2D eigenvalue weighted by atomic mass is 10.1. The van der Waals surface area contributed by atoms with Gasteiger partial charge >= 0.3 is 4.84 Å².